The van der Waals surface area contributed by atoms with Gasteiger partial charge in [0, 0.05) is 37.5 Å². The summed E-state index contributed by atoms with van der Waals surface area (Å²) < 4.78 is 43.5. The highest BCUT2D eigenvalue weighted by molar-refractivity contribution is 7.92. The molecular weight excluding hydrogens is 658 g/mol. The summed E-state index contributed by atoms with van der Waals surface area (Å²) in [5.41, 5.74) is 3.80. The van der Waals surface area contributed by atoms with Crippen LogP contribution in [0, 0.1) is 5.82 Å². The highest BCUT2D eigenvalue weighted by Crippen LogP contribution is 2.35. The van der Waals surface area contributed by atoms with Crippen molar-refractivity contribution in [1.82, 2.24) is 25.1 Å². The van der Waals surface area contributed by atoms with Gasteiger partial charge in [-0.05, 0) is 92.6 Å². The summed E-state index contributed by atoms with van der Waals surface area (Å²) in [6.07, 6.45) is 7.03. The number of sulfonamides is 1. The molecule has 3 aromatic carbocycles. The second kappa shape index (κ2) is 15.3. The molecular formula is C37H42FN7O4S. The third-order valence-electron chi connectivity index (χ3n) is 9.17. The van der Waals surface area contributed by atoms with Gasteiger partial charge >= 0.3 is 0 Å². The van der Waals surface area contributed by atoms with Crippen LogP contribution in [-0.2, 0) is 16.4 Å². The maximum atomic E-state index is 13.6. The number of amides is 1. The fourth-order valence-corrected chi connectivity index (χ4v) is 7.33. The quantitative estimate of drug-likeness (QED) is 0.125. The van der Waals surface area contributed by atoms with E-state index in [-0.39, 0.29) is 28.8 Å². The first-order valence-corrected chi connectivity index (χ1v) is 18.5. The van der Waals surface area contributed by atoms with Crippen LogP contribution in [0.5, 0.6) is 0 Å². The van der Waals surface area contributed by atoms with Gasteiger partial charge in [-0.25, -0.2) is 22.5 Å². The Morgan fingerprint density at radius 1 is 0.980 bits per heavy atom. The third kappa shape index (κ3) is 7.79. The van der Waals surface area contributed by atoms with Crippen molar-refractivity contribution in [2.75, 3.05) is 29.8 Å². The van der Waals surface area contributed by atoms with Crippen molar-refractivity contribution in [1.29, 1.82) is 0 Å². The Hall–Kier alpha value is -4.88. The van der Waals surface area contributed by atoms with E-state index in [9.17, 15) is 22.7 Å². The topological polar surface area (TPSA) is 142 Å². The second-order valence-corrected chi connectivity index (χ2v) is 14.6. The van der Waals surface area contributed by atoms with Gasteiger partial charge in [-0.1, -0.05) is 37.6 Å². The van der Waals surface area contributed by atoms with Crippen molar-refractivity contribution in [2.45, 2.75) is 68.9 Å². The van der Waals surface area contributed by atoms with Gasteiger partial charge in [0.2, 0.25) is 5.95 Å². The number of nitrogens with zero attached hydrogens (tertiary/aromatic N) is 5. The first kappa shape index (κ1) is 35.0. The summed E-state index contributed by atoms with van der Waals surface area (Å²) in [5, 5.41) is 22.0. The molecule has 2 heterocycles. The fourth-order valence-electron chi connectivity index (χ4n) is 6.13. The molecule has 1 saturated carbocycles. The Bertz CT molecular complexity index is 2030. The zero-order valence-electron chi connectivity index (χ0n) is 28.2. The average Bonchev–Trinajstić information content (AvgIpc) is 3.51. The lowest BCUT2D eigenvalue weighted by molar-refractivity contribution is 0.0954. The van der Waals surface area contributed by atoms with Crippen molar-refractivity contribution < 1.29 is 22.7 Å². The molecule has 6 rings (SSSR count). The predicted octanol–water partition coefficient (Wildman–Crippen LogP) is 6.12. The number of aromatic nitrogens is 4. The molecule has 1 aliphatic carbocycles. The summed E-state index contributed by atoms with van der Waals surface area (Å²) in [4.78, 5) is 22.1. The van der Waals surface area contributed by atoms with E-state index in [4.69, 9.17) is 10.1 Å². The number of rotatable bonds is 13. The number of nitrogens with one attached hydrogen (secondary N) is 2. The van der Waals surface area contributed by atoms with Crippen molar-refractivity contribution in [3.63, 3.8) is 0 Å². The lowest BCUT2D eigenvalue weighted by atomic mass is 9.93. The number of hydrogen-bond acceptors (Lipinski definition) is 8. The van der Waals surface area contributed by atoms with E-state index in [0.29, 0.717) is 54.3 Å². The summed E-state index contributed by atoms with van der Waals surface area (Å²) >= 11 is 0. The molecule has 262 valence electrons. The Morgan fingerprint density at radius 2 is 1.68 bits per heavy atom. The number of fused-ring (bicyclic) bond motifs is 1. The standard InChI is InChI=1S/C37H42FN7O4S/c1-3-4-22-40-37-41-24-33-34(43-45(35(33)42-37)30-15-17-31(46)18-16-30)26-9-19-32(20-10-26)50(48,49)44(2)29-13-7-27(8-14-29)36(47)39-23-21-25-5-11-28(38)12-6-25/h5-14,19-20,24,30-31,46H,3-4,15-18,21-23H2,1-2H3,(H,39,47)(H,40,41,42)/t30-,31-. The third-order valence-corrected chi connectivity index (χ3v) is 11.0. The molecule has 0 spiro atoms. The highest BCUT2D eigenvalue weighted by Gasteiger charge is 2.27. The molecule has 1 aliphatic rings. The zero-order chi connectivity index (χ0) is 35.3. The van der Waals surface area contributed by atoms with Gasteiger partial charge in [0.15, 0.2) is 5.65 Å². The van der Waals surface area contributed by atoms with E-state index in [2.05, 4.69) is 22.5 Å². The van der Waals surface area contributed by atoms with E-state index >= 15 is 0 Å². The fraction of sp³-hybridized carbons (Fsp3) is 0.351. The van der Waals surface area contributed by atoms with Crippen LogP contribution in [0.2, 0.25) is 0 Å². The second-order valence-electron chi connectivity index (χ2n) is 12.6. The molecule has 1 fully saturated rings. The predicted molar refractivity (Wildman–Crippen MR) is 192 cm³/mol. The van der Waals surface area contributed by atoms with Crippen LogP contribution >= 0.6 is 0 Å². The van der Waals surface area contributed by atoms with Gasteiger partial charge in [-0.15, -0.1) is 0 Å². The number of aliphatic hydroxyl groups is 1. The van der Waals surface area contributed by atoms with E-state index in [0.717, 1.165) is 48.7 Å². The molecule has 0 unspecified atom stereocenters. The van der Waals surface area contributed by atoms with Crippen LogP contribution < -0.4 is 14.9 Å². The van der Waals surface area contributed by atoms with Crippen LogP contribution in [0.25, 0.3) is 22.3 Å². The molecule has 3 N–H and O–H groups in total. The van der Waals surface area contributed by atoms with Crippen LogP contribution in [-0.4, -0.2) is 65.4 Å². The van der Waals surface area contributed by atoms with Crippen LogP contribution in [0.3, 0.4) is 0 Å². The number of halogens is 1. The van der Waals surface area contributed by atoms with Crippen LogP contribution in [0.4, 0.5) is 16.0 Å². The monoisotopic (exact) mass is 699 g/mol. The lowest BCUT2D eigenvalue weighted by Gasteiger charge is -2.25. The Morgan fingerprint density at radius 3 is 2.36 bits per heavy atom. The number of anilines is 2. The smallest absolute Gasteiger partial charge is 0.264 e. The molecule has 5 aromatic rings. The van der Waals surface area contributed by atoms with E-state index in [1.54, 1.807) is 66.9 Å². The van der Waals surface area contributed by atoms with E-state index in [1.807, 2.05) is 4.68 Å². The molecule has 1 amide bonds. The first-order chi connectivity index (χ1) is 24.1. The Balaban J connectivity index is 1.17. The molecule has 0 saturated heterocycles. The Kier molecular flexibility index (Phi) is 10.7. The van der Waals surface area contributed by atoms with Crippen molar-refractivity contribution in [3.8, 4) is 11.3 Å². The van der Waals surface area contributed by atoms with Gasteiger partial charge in [0.1, 0.15) is 11.5 Å². The summed E-state index contributed by atoms with van der Waals surface area (Å²) in [5.74, 6) is -0.0591. The maximum absolute atomic E-state index is 13.6. The van der Waals surface area contributed by atoms with Crippen molar-refractivity contribution >= 4 is 38.6 Å². The molecule has 0 atom stereocenters. The largest absolute Gasteiger partial charge is 0.393 e. The number of hydrogen-bond donors (Lipinski definition) is 3. The maximum Gasteiger partial charge on any atom is 0.264 e. The number of unbranched alkanes of at least 4 members (excludes halogenated alkanes) is 1. The van der Waals surface area contributed by atoms with Crippen molar-refractivity contribution in [2.24, 2.45) is 0 Å². The number of benzene rings is 3. The van der Waals surface area contributed by atoms with Gasteiger partial charge in [0.25, 0.3) is 15.9 Å². The lowest BCUT2D eigenvalue weighted by Crippen LogP contribution is -2.27. The summed E-state index contributed by atoms with van der Waals surface area (Å²) in [6, 6.07) is 19.2. The SMILES string of the molecule is CCCCNc1ncc2c(-c3ccc(S(=O)(=O)N(C)c4ccc(C(=O)NCCc5ccc(F)cc5)cc4)cc3)nn([C@H]3CC[C@H](O)CC3)c2n1. The van der Waals surface area contributed by atoms with Crippen molar-refractivity contribution in [3.05, 3.63) is 95.9 Å². The number of carbonyl (C=O) groups excluding carboxylic acids is 1. The van der Waals surface area contributed by atoms with Gasteiger partial charge in [-0.3, -0.25) is 9.10 Å². The normalized spacial score (nSPS) is 16.3. The molecule has 0 bridgehead atoms. The molecule has 50 heavy (non-hydrogen) atoms. The van der Waals surface area contributed by atoms with Crippen LogP contribution in [0.1, 0.15) is 67.4 Å². The minimum Gasteiger partial charge on any atom is -0.393 e. The van der Waals surface area contributed by atoms with E-state index < -0.39 is 10.0 Å². The Labute approximate surface area is 291 Å². The van der Waals surface area contributed by atoms with Gasteiger partial charge < -0.3 is 15.7 Å². The number of carbonyl (C=O) groups is 1. The molecule has 13 heteroatoms. The van der Waals surface area contributed by atoms with Gasteiger partial charge in [0.05, 0.1) is 28.1 Å². The minimum atomic E-state index is -3.92. The zero-order valence-corrected chi connectivity index (χ0v) is 29.0. The average molecular weight is 700 g/mol. The van der Waals surface area contributed by atoms with Gasteiger partial charge in [-0.2, -0.15) is 10.1 Å². The highest BCUT2D eigenvalue weighted by atomic mass is 32.2. The molecule has 2 aromatic heterocycles. The van der Waals surface area contributed by atoms with Crippen LogP contribution in [0.15, 0.2) is 83.9 Å². The number of aliphatic hydroxyl groups excluding tert-OH is 1. The first-order valence-electron chi connectivity index (χ1n) is 17.0. The minimum absolute atomic E-state index is 0.0835. The molecule has 0 radical (unpaired) electrons. The summed E-state index contributed by atoms with van der Waals surface area (Å²) in [6.45, 7) is 3.27. The molecule has 0 aliphatic heterocycles. The van der Waals surface area contributed by atoms with E-state index in [1.165, 1.54) is 23.5 Å². The summed E-state index contributed by atoms with van der Waals surface area (Å²) in [7, 11) is -2.45. The molecule has 11 nitrogen and oxygen atoms in total.